The van der Waals surface area contributed by atoms with E-state index in [1.165, 1.54) is 5.69 Å². The Morgan fingerprint density at radius 2 is 1.77 bits per heavy atom. The molecule has 0 bridgehead atoms. The van der Waals surface area contributed by atoms with Crippen LogP contribution in [0.3, 0.4) is 0 Å². The molecule has 3 aromatic rings. The molecule has 178 valence electrons. The number of anilines is 2. The molecule has 5 rings (SSSR count). The molecule has 0 saturated carbocycles. The molecule has 0 radical (unpaired) electrons. The Morgan fingerprint density at radius 1 is 1.09 bits per heavy atom. The molecule has 7 heteroatoms. The van der Waals surface area contributed by atoms with E-state index >= 15 is 0 Å². The summed E-state index contributed by atoms with van der Waals surface area (Å²) in [5, 5.41) is 17.6. The standard InChI is InChI=1S/C28H30N6O/c1-5-33(6-2)21-13-11-20(12-14-21)26-31-27-30-22-15-28(3,4)16-23(35)24(22)25(34(27)32-26)19-9-7-18(17-29)8-10-19/h7-14,25H,5-6,15-16H2,1-4H3,(H,30,31,32). The maximum absolute atomic E-state index is 13.4. The number of fused-ring (bicyclic) bond motifs is 1. The van der Waals surface area contributed by atoms with Gasteiger partial charge in [-0.25, -0.2) is 4.68 Å². The third-order valence-electron chi connectivity index (χ3n) is 6.94. The Morgan fingerprint density at radius 3 is 2.40 bits per heavy atom. The third-order valence-corrected chi connectivity index (χ3v) is 6.94. The van der Waals surface area contributed by atoms with E-state index in [-0.39, 0.29) is 17.2 Å². The van der Waals surface area contributed by atoms with Gasteiger partial charge in [0.1, 0.15) is 6.04 Å². The first-order valence-corrected chi connectivity index (χ1v) is 12.2. The zero-order valence-corrected chi connectivity index (χ0v) is 20.7. The lowest BCUT2D eigenvalue weighted by Crippen LogP contribution is -2.36. The molecule has 0 saturated heterocycles. The van der Waals surface area contributed by atoms with E-state index in [2.05, 4.69) is 56.1 Å². The van der Waals surface area contributed by atoms with Gasteiger partial charge in [-0.15, -0.1) is 5.10 Å². The summed E-state index contributed by atoms with van der Waals surface area (Å²) in [7, 11) is 0. The van der Waals surface area contributed by atoms with Gasteiger partial charge in [-0.2, -0.15) is 10.2 Å². The SMILES string of the molecule is CCN(CC)c1ccc(-c2nc3n(n2)C(c2ccc(C#N)cc2)C2=C(CC(C)(C)CC2=O)N3)cc1. The van der Waals surface area contributed by atoms with Crippen LogP contribution < -0.4 is 10.2 Å². The van der Waals surface area contributed by atoms with Gasteiger partial charge in [0.2, 0.25) is 5.95 Å². The molecule has 35 heavy (non-hydrogen) atoms. The number of aromatic nitrogens is 3. The van der Waals surface area contributed by atoms with E-state index in [1.807, 2.05) is 28.9 Å². The first kappa shape index (κ1) is 22.9. The van der Waals surface area contributed by atoms with Crippen molar-refractivity contribution in [3.8, 4) is 17.5 Å². The first-order valence-electron chi connectivity index (χ1n) is 12.2. The largest absolute Gasteiger partial charge is 0.372 e. The van der Waals surface area contributed by atoms with Gasteiger partial charge in [0.05, 0.1) is 11.6 Å². The number of benzene rings is 2. The van der Waals surface area contributed by atoms with E-state index in [9.17, 15) is 10.1 Å². The summed E-state index contributed by atoms with van der Waals surface area (Å²) in [4.78, 5) is 20.5. The Hall–Kier alpha value is -3.92. The quantitative estimate of drug-likeness (QED) is 0.548. The van der Waals surface area contributed by atoms with Crippen LogP contribution in [0.5, 0.6) is 0 Å². The van der Waals surface area contributed by atoms with Gasteiger partial charge in [-0.3, -0.25) is 4.79 Å². The van der Waals surface area contributed by atoms with Crippen molar-refractivity contribution in [1.82, 2.24) is 14.8 Å². The minimum Gasteiger partial charge on any atom is -0.372 e. The van der Waals surface area contributed by atoms with E-state index in [4.69, 9.17) is 10.1 Å². The zero-order chi connectivity index (χ0) is 24.7. The highest BCUT2D eigenvalue weighted by Crippen LogP contribution is 2.45. The molecule has 1 aromatic heterocycles. The molecule has 1 aliphatic carbocycles. The van der Waals surface area contributed by atoms with Gasteiger partial charge < -0.3 is 10.2 Å². The molecule has 0 amide bonds. The van der Waals surface area contributed by atoms with Crippen LogP contribution in [-0.4, -0.2) is 33.6 Å². The molecule has 0 spiro atoms. The second kappa shape index (κ2) is 8.70. The summed E-state index contributed by atoms with van der Waals surface area (Å²) < 4.78 is 1.82. The molecule has 1 atom stereocenters. The summed E-state index contributed by atoms with van der Waals surface area (Å²) in [5.74, 6) is 1.37. The summed E-state index contributed by atoms with van der Waals surface area (Å²) in [6.45, 7) is 10.4. The lowest BCUT2D eigenvalue weighted by Gasteiger charge is -2.38. The first-order chi connectivity index (χ1) is 16.8. The van der Waals surface area contributed by atoms with Gasteiger partial charge in [-0.05, 0) is 67.6 Å². The van der Waals surface area contributed by atoms with E-state index in [0.717, 1.165) is 41.9 Å². The number of nitriles is 1. The number of hydrogen-bond donors (Lipinski definition) is 1. The van der Waals surface area contributed by atoms with Crippen LogP contribution in [0.1, 0.15) is 57.7 Å². The topological polar surface area (TPSA) is 86.8 Å². The Kier molecular flexibility index (Phi) is 5.68. The molecule has 2 aliphatic rings. The number of rotatable bonds is 5. The minimum atomic E-state index is -0.381. The summed E-state index contributed by atoms with van der Waals surface area (Å²) in [6.07, 6.45) is 1.26. The number of hydrogen-bond acceptors (Lipinski definition) is 6. The maximum Gasteiger partial charge on any atom is 0.226 e. The Bertz CT molecular complexity index is 1340. The van der Waals surface area contributed by atoms with Crippen LogP contribution in [0.2, 0.25) is 0 Å². The van der Waals surface area contributed by atoms with Crippen LogP contribution in [0, 0.1) is 16.7 Å². The van der Waals surface area contributed by atoms with Crippen LogP contribution in [0.25, 0.3) is 11.4 Å². The molecule has 1 aliphatic heterocycles. The molecule has 2 heterocycles. The van der Waals surface area contributed by atoms with Gasteiger partial charge in [-0.1, -0.05) is 26.0 Å². The average Bonchev–Trinajstić information content (AvgIpc) is 3.27. The van der Waals surface area contributed by atoms with Gasteiger partial charge in [0.25, 0.3) is 0 Å². The number of carbonyl (C=O) groups is 1. The summed E-state index contributed by atoms with van der Waals surface area (Å²) in [6, 6.07) is 17.5. The van der Waals surface area contributed by atoms with Crippen molar-refractivity contribution in [2.75, 3.05) is 23.3 Å². The second-order valence-electron chi connectivity index (χ2n) is 10.0. The number of allylic oxidation sites excluding steroid dienone is 2. The van der Waals surface area contributed by atoms with Crippen molar-refractivity contribution in [1.29, 1.82) is 5.26 Å². The van der Waals surface area contributed by atoms with Gasteiger partial charge in [0.15, 0.2) is 11.6 Å². The highest BCUT2D eigenvalue weighted by Gasteiger charge is 2.41. The normalized spacial score (nSPS) is 18.4. The smallest absolute Gasteiger partial charge is 0.226 e. The average molecular weight is 467 g/mol. The van der Waals surface area contributed by atoms with Crippen LogP contribution in [0.4, 0.5) is 11.6 Å². The van der Waals surface area contributed by atoms with Crippen molar-refractivity contribution < 1.29 is 4.79 Å². The molecule has 7 nitrogen and oxygen atoms in total. The molecule has 1 unspecified atom stereocenters. The van der Waals surface area contributed by atoms with Crippen molar-refractivity contribution in [3.63, 3.8) is 0 Å². The number of ketones is 1. The van der Waals surface area contributed by atoms with E-state index < -0.39 is 0 Å². The lowest BCUT2D eigenvalue weighted by molar-refractivity contribution is -0.118. The number of nitrogens with zero attached hydrogens (tertiary/aromatic N) is 5. The maximum atomic E-state index is 13.4. The Balaban J connectivity index is 1.59. The highest BCUT2D eigenvalue weighted by atomic mass is 16.1. The Labute approximate surface area is 206 Å². The summed E-state index contributed by atoms with van der Waals surface area (Å²) in [5.41, 5.74) is 5.14. The molecule has 1 N–H and O–H groups in total. The fourth-order valence-corrected chi connectivity index (χ4v) is 5.19. The van der Waals surface area contributed by atoms with E-state index in [0.29, 0.717) is 23.8 Å². The van der Waals surface area contributed by atoms with Crippen molar-refractivity contribution >= 4 is 17.4 Å². The minimum absolute atomic E-state index is 0.122. The van der Waals surface area contributed by atoms with Crippen molar-refractivity contribution in [2.45, 2.75) is 46.6 Å². The third kappa shape index (κ3) is 4.10. The van der Waals surface area contributed by atoms with E-state index in [1.54, 1.807) is 12.1 Å². The zero-order valence-electron chi connectivity index (χ0n) is 20.7. The van der Waals surface area contributed by atoms with Crippen molar-refractivity contribution in [2.24, 2.45) is 5.41 Å². The molecular formula is C28H30N6O. The van der Waals surface area contributed by atoms with Gasteiger partial charge in [0, 0.05) is 42.0 Å². The molecule has 0 fully saturated rings. The van der Waals surface area contributed by atoms with Crippen LogP contribution in [0.15, 0.2) is 59.8 Å². The predicted octanol–water partition coefficient (Wildman–Crippen LogP) is 5.32. The second-order valence-corrected chi connectivity index (χ2v) is 10.0. The van der Waals surface area contributed by atoms with Crippen LogP contribution >= 0.6 is 0 Å². The van der Waals surface area contributed by atoms with Crippen molar-refractivity contribution in [3.05, 3.63) is 70.9 Å². The number of nitrogens with one attached hydrogen (secondary N) is 1. The molecule has 2 aromatic carbocycles. The van der Waals surface area contributed by atoms with Gasteiger partial charge >= 0.3 is 0 Å². The summed E-state index contributed by atoms with van der Waals surface area (Å²) >= 11 is 0. The molecular weight excluding hydrogens is 436 g/mol. The lowest BCUT2D eigenvalue weighted by atomic mass is 9.73. The highest BCUT2D eigenvalue weighted by molar-refractivity contribution is 6.00. The van der Waals surface area contributed by atoms with Crippen LogP contribution in [-0.2, 0) is 4.79 Å². The predicted molar refractivity (Wildman–Crippen MR) is 137 cm³/mol. The fourth-order valence-electron chi connectivity index (χ4n) is 5.19. The monoisotopic (exact) mass is 466 g/mol. The number of Topliss-reactive ketones (excluding diaryl/α,β-unsaturated/α-hetero) is 1. The fraction of sp³-hybridized carbons (Fsp3) is 0.357. The number of carbonyl (C=O) groups excluding carboxylic acids is 1.